The molecule has 0 fully saturated rings. The lowest BCUT2D eigenvalue weighted by Gasteiger charge is -2.13. The smallest absolute Gasteiger partial charge is 0.342 e. The van der Waals surface area contributed by atoms with Crippen molar-refractivity contribution in [3.05, 3.63) is 90.3 Å². The van der Waals surface area contributed by atoms with Crippen LogP contribution in [0.2, 0.25) is 0 Å². The second-order valence-corrected chi connectivity index (χ2v) is 7.23. The number of rotatable bonds is 10. The summed E-state index contributed by atoms with van der Waals surface area (Å²) in [4.78, 5) is 12.8. The van der Waals surface area contributed by atoms with Crippen LogP contribution in [0, 0.1) is 0 Å². The summed E-state index contributed by atoms with van der Waals surface area (Å²) in [5, 5.41) is 8.07. The Bertz CT molecular complexity index is 1210. The third-order valence-electron chi connectivity index (χ3n) is 4.87. The molecular weight excluding hydrogens is 436 g/mol. The minimum absolute atomic E-state index is 0.189. The number of ether oxygens (including phenoxy) is 4. The predicted octanol–water partition coefficient (Wildman–Crippen LogP) is 5.12. The number of hydrogen-bond acceptors (Lipinski definition) is 8. The molecule has 4 aromatic rings. The van der Waals surface area contributed by atoms with Crippen LogP contribution in [0.1, 0.15) is 29.3 Å². The maximum Gasteiger partial charge on any atom is 0.342 e. The van der Waals surface area contributed by atoms with Gasteiger partial charge in [0.25, 0.3) is 5.89 Å². The second kappa shape index (κ2) is 11.0. The molecule has 0 saturated heterocycles. The Morgan fingerprint density at radius 1 is 0.853 bits per heavy atom. The summed E-state index contributed by atoms with van der Waals surface area (Å²) < 4.78 is 27.8. The number of para-hydroxylation sites is 2. The SMILES string of the molecule is COc1ccc(-c2nnc(C(C)OC(=O)c3ccccc3OCCOc3ccccc3)o2)cc1. The summed E-state index contributed by atoms with van der Waals surface area (Å²) in [6, 6.07) is 23.5. The van der Waals surface area contributed by atoms with Crippen molar-refractivity contribution in [1.29, 1.82) is 0 Å². The molecule has 4 rings (SSSR count). The van der Waals surface area contributed by atoms with E-state index >= 15 is 0 Å². The van der Waals surface area contributed by atoms with Gasteiger partial charge in [-0.25, -0.2) is 4.79 Å². The van der Waals surface area contributed by atoms with Crippen molar-refractivity contribution in [2.24, 2.45) is 0 Å². The van der Waals surface area contributed by atoms with E-state index < -0.39 is 12.1 Å². The first-order valence-electron chi connectivity index (χ1n) is 10.7. The first-order chi connectivity index (χ1) is 16.6. The van der Waals surface area contributed by atoms with Gasteiger partial charge in [-0.1, -0.05) is 30.3 Å². The number of carbonyl (C=O) groups excluding carboxylic acids is 1. The molecule has 174 valence electrons. The average Bonchev–Trinajstić information content (AvgIpc) is 3.38. The molecule has 0 spiro atoms. The number of nitrogens with zero attached hydrogens (tertiary/aromatic N) is 2. The van der Waals surface area contributed by atoms with Crippen molar-refractivity contribution in [3.8, 4) is 28.7 Å². The summed E-state index contributed by atoms with van der Waals surface area (Å²) >= 11 is 0. The first-order valence-corrected chi connectivity index (χ1v) is 10.7. The molecule has 3 aromatic carbocycles. The van der Waals surface area contributed by atoms with Crippen LogP contribution in [0.5, 0.6) is 17.2 Å². The highest BCUT2D eigenvalue weighted by Crippen LogP contribution is 2.26. The van der Waals surface area contributed by atoms with Gasteiger partial charge in [-0.05, 0) is 55.5 Å². The Morgan fingerprint density at radius 2 is 1.56 bits per heavy atom. The molecule has 0 N–H and O–H groups in total. The van der Waals surface area contributed by atoms with Crippen LogP contribution in [0.4, 0.5) is 0 Å². The zero-order valence-corrected chi connectivity index (χ0v) is 18.8. The molecule has 8 heteroatoms. The fourth-order valence-electron chi connectivity index (χ4n) is 3.11. The molecule has 34 heavy (non-hydrogen) atoms. The van der Waals surface area contributed by atoms with Crippen LogP contribution >= 0.6 is 0 Å². The highest BCUT2D eigenvalue weighted by atomic mass is 16.6. The third kappa shape index (κ3) is 5.72. The summed E-state index contributed by atoms with van der Waals surface area (Å²) in [5.41, 5.74) is 1.03. The highest BCUT2D eigenvalue weighted by Gasteiger charge is 2.22. The largest absolute Gasteiger partial charge is 0.497 e. The van der Waals surface area contributed by atoms with E-state index in [4.69, 9.17) is 23.4 Å². The van der Waals surface area contributed by atoms with Gasteiger partial charge < -0.3 is 23.4 Å². The summed E-state index contributed by atoms with van der Waals surface area (Å²) in [7, 11) is 1.59. The minimum atomic E-state index is -0.749. The third-order valence-corrected chi connectivity index (χ3v) is 4.87. The lowest BCUT2D eigenvalue weighted by atomic mass is 10.2. The Balaban J connectivity index is 1.35. The first kappa shape index (κ1) is 22.8. The molecule has 0 aliphatic rings. The lowest BCUT2D eigenvalue weighted by Crippen LogP contribution is -2.14. The molecule has 8 nitrogen and oxygen atoms in total. The van der Waals surface area contributed by atoms with Crippen LogP contribution < -0.4 is 14.2 Å². The normalized spacial score (nSPS) is 11.5. The van der Waals surface area contributed by atoms with Gasteiger partial charge in [0.2, 0.25) is 5.89 Å². The molecule has 1 aromatic heterocycles. The van der Waals surface area contributed by atoms with E-state index in [2.05, 4.69) is 10.2 Å². The van der Waals surface area contributed by atoms with E-state index in [-0.39, 0.29) is 12.5 Å². The molecule has 1 heterocycles. The van der Waals surface area contributed by atoms with Crippen molar-refractivity contribution >= 4 is 5.97 Å². The number of methoxy groups -OCH3 is 1. The van der Waals surface area contributed by atoms with Gasteiger partial charge in [-0.15, -0.1) is 10.2 Å². The topological polar surface area (TPSA) is 92.9 Å². The van der Waals surface area contributed by atoms with Gasteiger partial charge in [0.1, 0.15) is 36.0 Å². The Kier molecular flexibility index (Phi) is 7.39. The van der Waals surface area contributed by atoms with E-state index in [0.29, 0.717) is 23.8 Å². The van der Waals surface area contributed by atoms with E-state index in [1.165, 1.54) is 0 Å². The summed E-state index contributed by atoms with van der Waals surface area (Å²) in [5.74, 6) is 1.83. The molecule has 0 saturated carbocycles. The zero-order chi connectivity index (χ0) is 23.8. The second-order valence-electron chi connectivity index (χ2n) is 7.23. The van der Waals surface area contributed by atoms with Crippen molar-refractivity contribution in [2.45, 2.75) is 13.0 Å². The molecular formula is C26H24N2O6. The maximum absolute atomic E-state index is 12.8. The number of aromatic nitrogens is 2. The number of carbonyl (C=O) groups is 1. The monoisotopic (exact) mass is 460 g/mol. The summed E-state index contributed by atoms with van der Waals surface area (Å²) in [6.07, 6.45) is -0.749. The Hall–Kier alpha value is -4.33. The summed E-state index contributed by atoms with van der Waals surface area (Å²) in [6.45, 7) is 2.27. The van der Waals surface area contributed by atoms with E-state index in [1.807, 2.05) is 42.5 Å². The molecule has 0 radical (unpaired) electrons. The maximum atomic E-state index is 12.8. The van der Waals surface area contributed by atoms with Gasteiger partial charge in [0.05, 0.1) is 7.11 Å². The van der Waals surface area contributed by atoms with Gasteiger partial charge >= 0.3 is 5.97 Å². The van der Waals surface area contributed by atoms with Crippen LogP contribution in [0.25, 0.3) is 11.5 Å². The van der Waals surface area contributed by atoms with Gasteiger partial charge in [0, 0.05) is 5.56 Å². The fourth-order valence-corrected chi connectivity index (χ4v) is 3.11. The van der Waals surface area contributed by atoms with Crippen molar-refractivity contribution < 1.29 is 28.2 Å². The minimum Gasteiger partial charge on any atom is -0.497 e. The number of benzene rings is 3. The Morgan fingerprint density at radius 3 is 2.32 bits per heavy atom. The molecule has 0 bridgehead atoms. The van der Waals surface area contributed by atoms with Crippen LogP contribution in [0.15, 0.2) is 83.3 Å². The van der Waals surface area contributed by atoms with Gasteiger partial charge in [-0.3, -0.25) is 0 Å². The highest BCUT2D eigenvalue weighted by molar-refractivity contribution is 5.92. The van der Waals surface area contributed by atoms with Crippen LogP contribution in [-0.4, -0.2) is 36.5 Å². The molecule has 1 atom stereocenters. The Labute approximate surface area is 197 Å². The molecule has 0 aliphatic carbocycles. The van der Waals surface area contributed by atoms with Crippen molar-refractivity contribution in [2.75, 3.05) is 20.3 Å². The lowest BCUT2D eigenvalue weighted by molar-refractivity contribution is 0.0275. The standard InChI is InChI=1S/C26H24N2O6/c1-18(24-27-28-25(34-24)19-12-14-20(30-2)15-13-19)33-26(29)22-10-6-7-11-23(22)32-17-16-31-21-8-4-3-5-9-21/h3-15,18H,16-17H2,1-2H3. The molecule has 0 amide bonds. The van der Waals surface area contributed by atoms with E-state index in [0.717, 1.165) is 17.1 Å². The predicted molar refractivity (Wildman–Crippen MR) is 124 cm³/mol. The fraction of sp³-hybridized carbons (Fsp3) is 0.192. The van der Waals surface area contributed by atoms with Crippen molar-refractivity contribution in [1.82, 2.24) is 10.2 Å². The van der Waals surface area contributed by atoms with Gasteiger partial charge in [0.15, 0.2) is 6.10 Å². The van der Waals surface area contributed by atoms with Crippen LogP contribution in [-0.2, 0) is 4.74 Å². The molecule has 0 aliphatic heterocycles. The number of hydrogen-bond donors (Lipinski definition) is 0. The van der Waals surface area contributed by atoms with E-state index in [1.54, 1.807) is 50.4 Å². The number of esters is 1. The zero-order valence-electron chi connectivity index (χ0n) is 18.8. The van der Waals surface area contributed by atoms with Gasteiger partial charge in [-0.2, -0.15) is 0 Å². The van der Waals surface area contributed by atoms with Crippen molar-refractivity contribution in [3.63, 3.8) is 0 Å². The average molecular weight is 460 g/mol. The molecule has 1 unspecified atom stereocenters. The quantitative estimate of drug-likeness (QED) is 0.238. The van der Waals surface area contributed by atoms with Crippen LogP contribution in [0.3, 0.4) is 0 Å². The van der Waals surface area contributed by atoms with E-state index in [9.17, 15) is 4.79 Å².